The maximum Gasteiger partial charge on any atom is 0.407 e. The molecule has 1 saturated heterocycles. The lowest BCUT2D eigenvalue weighted by molar-refractivity contribution is -0.142. The van der Waals surface area contributed by atoms with Crippen molar-refractivity contribution in [1.82, 2.24) is 5.32 Å². The normalized spacial score (nSPS) is 20.5. The van der Waals surface area contributed by atoms with Crippen molar-refractivity contribution < 1.29 is 24.2 Å². The van der Waals surface area contributed by atoms with E-state index in [-0.39, 0.29) is 30.0 Å². The van der Waals surface area contributed by atoms with Crippen LogP contribution < -0.4 is 5.32 Å². The van der Waals surface area contributed by atoms with Gasteiger partial charge in [0.2, 0.25) is 0 Å². The molecule has 1 aliphatic rings. The molecule has 2 unspecified atom stereocenters. The van der Waals surface area contributed by atoms with Gasteiger partial charge in [-0.05, 0) is 45.4 Å². The fourth-order valence-electron chi connectivity index (χ4n) is 2.63. The van der Waals surface area contributed by atoms with Gasteiger partial charge in [-0.15, -0.1) is 0 Å². The third-order valence-corrected chi connectivity index (χ3v) is 3.72. The number of esters is 1. The number of cyclic esters (lactones) is 1. The van der Waals surface area contributed by atoms with Crippen molar-refractivity contribution in [3.05, 3.63) is 0 Å². The van der Waals surface area contributed by atoms with E-state index in [0.29, 0.717) is 25.9 Å². The lowest BCUT2D eigenvalue weighted by Crippen LogP contribution is -2.46. The standard InChI is InChI=1S/C16H29NO5/c1-15(2,3)22-14(20)17-12(10-16(4,5)7-8-18)11-6-9-21-13(11)19/h11-12,18H,6-10H2,1-5H3,(H,17,20). The van der Waals surface area contributed by atoms with Gasteiger partial charge in [-0.3, -0.25) is 4.79 Å². The maximum atomic E-state index is 12.0. The summed E-state index contributed by atoms with van der Waals surface area (Å²) in [6.45, 7) is 9.85. The lowest BCUT2D eigenvalue weighted by Gasteiger charge is -2.32. The van der Waals surface area contributed by atoms with Gasteiger partial charge in [0.05, 0.1) is 12.5 Å². The number of aliphatic hydroxyl groups is 1. The van der Waals surface area contributed by atoms with Crippen LogP contribution in [0, 0.1) is 11.3 Å². The summed E-state index contributed by atoms with van der Waals surface area (Å²) in [6.07, 6.45) is 1.24. The van der Waals surface area contributed by atoms with Crippen molar-refractivity contribution in [3.8, 4) is 0 Å². The average Bonchev–Trinajstić information content (AvgIpc) is 2.71. The van der Waals surface area contributed by atoms with Crippen molar-refractivity contribution in [2.75, 3.05) is 13.2 Å². The second-order valence-corrected chi connectivity index (χ2v) is 7.66. The van der Waals surface area contributed by atoms with Crippen LogP contribution in [0.4, 0.5) is 4.79 Å². The second-order valence-electron chi connectivity index (χ2n) is 7.66. The third-order valence-electron chi connectivity index (χ3n) is 3.72. The molecule has 0 aliphatic carbocycles. The Bertz CT molecular complexity index is 400. The quantitative estimate of drug-likeness (QED) is 0.734. The lowest BCUT2D eigenvalue weighted by atomic mass is 9.79. The minimum Gasteiger partial charge on any atom is -0.465 e. The van der Waals surface area contributed by atoms with E-state index in [1.54, 1.807) is 20.8 Å². The summed E-state index contributed by atoms with van der Waals surface area (Å²) in [6, 6.07) is -0.355. The number of rotatable bonds is 6. The highest BCUT2D eigenvalue weighted by atomic mass is 16.6. The molecule has 1 heterocycles. The van der Waals surface area contributed by atoms with E-state index >= 15 is 0 Å². The molecule has 2 N–H and O–H groups in total. The van der Waals surface area contributed by atoms with Crippen LogP contribution in [0.1, 0.15) is 53.9 Å². The number of carbonyl (C=O) groups is 2. The van der Waals surface area contributed by atoms with Crippen LogP contribution in [0.5, 0.6) is 0 Å². The Kier molecular flexibility index (Phi) is 6.23. The van der Waals surface area contributed by atoms with Gasteiger partial charge in [0, 0.05) is 12.6 Å². The highest BCUT2D eigenvalue weighted by molar-refractivity contribution is 5.76. The fraction of sp³-hybridized carbons (Fsp3) is 0.875. The Balaban J connectivity index is 2.78. The Labute approximate surface area is 132 Å². The number of amides is 1. The SMILES string of the molecule is CC(C)(CCO)CC(NC(=O)OC(C)(C)C)C1CCOC1=O. The zero-order valence-electron chi connectivity index (χ0n) is 14.3. The highest BCUT2D eigenvalue weighted by Crippen LogP contribution is 2.32. The van der Waals surface area contributed by atoms with E-state index in [2.05, 4.69) is 5.32 Å². The summed E-state index contributed by atoms with van der Waals surface area (Å²) in [5, 5.41) is 12.0. The summed E-state index contributed by atoms with van der Waals surface area (Å²) >= 11 is 0. The number of hydrogen-bond acceptors (Lipinski definition) is 5. The predicted octanol–water partition coefficient (Wildman–Crippen LogP) is 2.24. The molecule has 22 heavy (non-hydrogen) atoms. The van der Waals surface area contributed by atoms with E-state index in [4.69, 9.17) is 14.6 Å². The Hall–Kier alpha value is -1.30. The number of aliphatic hydroxyl groups excluding tert-OH is 1. The van der Waals surface area contributed by atoms with Crippen LogP contribution in [-0.4, -0.2) is 42.0 Å². The summed E-state index contributed by atoms with van der Waals surface area (Å²) in [4.78, 5) is 23.9. The van der Waals surface area contributed by atoms with Gasteiger partial charge in [0.1, 0.15) is 5.60 Å². The zero-order chi connectivity index (χ0) is 17.0. The minimum atomic E-state index is -0.592. The van der Waals surface area contributed by atoms with Crippen molar-refractivity contribution in [3.63, 3.8) is 0 Å². The molecule has 1 fully saturated rings. The molecule has 1 aliphatic heterocycles. The Morgan fingerprint density at radius 2 is 2.05 bits per heavy atom. The maximum absolute atomic E-state index is 12.0. The van der Waals surface area contributed by atoms with Gasteiger partial charge in [-0.1, -0.05) is 13.8 Å². The van der Waals surface area contributed by atoms with Crippen LogP contribution in [0.2, 0.25) is 0 Å². The van der Waals surface area contributed by atoms with Gasteiger partial charge >= 0.3 is 12.1 Å². The Morgan fingerprint density at radius 3 is 2.50 bits per heavy atom. The number of nitrogens with one attached hydrogen (secondary N) is 1. The number of hydrogen-bond donors (Lipinski definition) is 2. The number of carbonyl (C=O) groups excluding carboxylic acids is 2. The highest BCUT2D eigenvalue weighted by Gasteiger charge is 2.38. The summed E-state index contributed by atoms with van der Waals surface area (Å²) in [5.41, 5.74) is -0.789. The largest absolute Gasteiger partial charge is 0.465 e. The summed E-state index contributed by atoms with van der Waals surface area (Å²) in [5.74, 6) is -0.633. The monoisotopic (exact) mass is 315 g/mol. The minimum absolute atomic E-state index is 0.0707. The molecule has 6 heteroatoms. The third kappa shape index (κ3) is 6.22. The van der Waals surface area contributed by atoms with Crippen LogP contribution in [0.15, 0.2) is 0 Å². The van der Waals surface area contributed by atoms with E-state index in [1.807, 2.05) is 13.8 Å². The van der Waals surface area contributed by atoms with Crippen molar-refractivity contribution >= 4 is 12.1 Å². The van der Waals surface area contributed by atoms with Gasteiger partial charge in [0.25, 0.3) is 0 Å². The predicted molar refractivity (Wildman–Crippen MR) is 82.3 cm³/mol. The van der Waals surface area contributed by atoms with E-state index in [9.17, 15) is 9.59 Å². The molecule has 128 valence electrons. The first-order valence-electron chi connectivity index (χ1n) is 7.81. The first-order chi connectivity index (χ1) is 10.0. The molecule has 0 aromatic heterocycles. The molecule has 0 radical (unpaired) electrons. The van der Waals surface area contributed by atoms with Crippen LogP contribution in [0.25, 0.3) is 0 Å². The number of alkyl carbamates (subject to hydrolysis) is 1. The molecule has 6 nitrogen and oxygen atoms in total. The summed E-state index contributed by atoms with van der Waals surface area (Å²) < 4.78 is 10.3. The molecule has 1 rings (SSSR count). The van der Waals surface area contributed by atoms with E-state index < -0.39 is 11.7 Å². The topological polar surface area (TPSA) is 84.9 Å². The molecule has 2 atom stereocenters. The van der Waals surface area contributed by atoms with Gasteiger partial charge in [0.15, 0.2) is 0 Å². The molecule has 0 spiro atoms. The van der Waals surface area contributed by atoms with Gasteiger partial charge < -0.3 is 19.9 Å². The number of ether oxygens (including phenoxy) is 2. The molecular weight excluding hydrogens is 286 g/mol. The van der Waals surface area contributed by atoms with Crippen LogP contribution >= 0.6 is 0 Å². The summed E-state index contributed by atoms with van der Waals surface area (Å²) in [7, 11) is 0. The van der Waals surface area contributed by atoms with E-state index in [1.165, 1.54) is 0 Å². The first kappa shape index (κ1) is 18.7. The van der Waals surface area contributed by atoms with Crippen LogP contribution in [0.3, 0.4) is 0 Å². The molecular formula is C16H29NO5. The Morgan fingerprint density at radius 1 is 1.41 bits per heavy atom. The molecule has 1 amide bonds. The van der Waals surface area contributed by atoms with Crippen molar-refractivity contribution in [1.29, 1.82) is 0 Å². The van der Waals surface area contributed by atoms with Gasteiger partial charge in [-0.2, -0.15) is 0 Å². The van der Waals surface area contributed by atoms with E-state index in [0.717, 1.165) is 0 Å². The molecule has 0 aromatic rings. The van der Waals surface area contributed by atoms with Crippen LogP contribution in [-0.2, 0) is 14.3 Å². The first-order valence-corrected chi connectivity index (χ1v) is 7.81. The zero-order valence-corrected chi connectivity index (χ0v) is 14.3. The smallest absolute Gasteiger partial charge is 0.407 e. The van der Waals surface area contributed by atoms with Crippen molar-refractivity contribution in [2.45, 2.75) is 65.5 Å². The molecule has 0 bridgehead atoms. The second kappa shape index (κ2) is 7.31. The molecule has 0 aromatic carbocycles. The van der Waals surface area contributed by atoms with Crippen molar-refractivity contribution in [2.24, 2.45) is 11.3 Å². The molecule has 0 saturated carbocycles. The average molecular weight is 315 g/mol. The van der Waals surface area contributed by atoms with Gasteiger partial charge in [-0.25, -0.2) is 4.79 Å². The fourth-order valence-corrected chi connectivity index (χ4v) is 2.63.